The molecule has 3 heterocycles. The Bertz CT molecular complexity index is 928. The number of rotatable bonds is 7. The zero-order valence-electron chi connectivity index (χ0n) is 17.0. The predicted molar refractivity (Wildman–Crippen MR) is 112 cm³/mol. The molecule has 0 radical (unpaired) electrons. The van der Waals surface area contributed by atoms with Gasteiger partial charge in [-0.3, -0.25) is 4.79 Å². The van der Waals surface area contributed by atoms with Gasteiger partial charge in [0.05, 0.1) is 19.1 Å². The van der Waals surface area contributed by atoms with Gasteiger partial charge in [-0.05, 0) is 42.1 Å². The summed E-state index contributed by atoms with van der Waals surface area (Å²) in [6.45, 7) is 4.63. The van der Waals surface area contributed by atoms with E-state index in [1.165, 1.54) is 11.9 Å². The number of fused-ring (bicyclic) bond motifs is 1. The van der Waals surface area contributed by atoms with Crippen molar-refractivity contribution in [2.24, 2.45) is 11.1 Å². The summed E-state index contributed by atoms with van der Waals surface area (Å²) in [6.07, 6.45) is 3.65. The molecule has 0 saturated carbocycles. The lowest BCUT2D eigenvalue weighted by molar-refractivity contribution is -0.148. The van der Waals surface area contributed by atoms with E-state index in [4.69, 9.17) is 9.47 Å². The molecule has 1 saturated heterocycles. The van der Waals surface area contributed by atoms with Crippen molar-refractivity contribution in [2.45, 2.75) is 32.7 Å². The summed E-state index contributed by atoms with van der Waals surface area (Å²) in [5.74, 6) is 1.56. The molecule has 2 aromatic rings. The fraction of sp³-hybridized carbons (Fsp3) is 0.476. The van der Waals surface area contributed by atoms with Gasteiger partial charge in [0.1, 0.15) is 12.1 Å². The molecule has 1 N–H and O–H groups in total. The van der Waals surface area contributed by atoms with Gasteiger partial charge in [0.25, 0.3) is 0 Å². The number of nitroso groups, excluding NO2 is 1. The predicted octanol–water partition coefficient (Wildman–Crippen LogP) is 3.20. The highest BCUT2D eigenvalue weighted by atomic mass is 16.5. The minimum atomic E-state index is -0.157. The average molecular weight is 411 g/mol. The largest absolute Gasteiger partial charge is 0.493 e. The Kier molecular flexibility index (Phi) is 6.06. The highest BCUT2D eigenvalue weighted by Gasteiger charge is 2.28. The number of nitrogens with zero attached hydrogens (tertiary/aromatic N) is 4. The van der Waals surface area contributed by atoms with Crippen LogP contribution < -0.4 is 15.0 Å². The zero-order chi connectivity index (χ0) is 20.9. The Labute approximate surface area is 174 Å². The lowest BCUT2D eigenvalue weighted by Gasteiger charge is -2.32. The van der Waals surface area contributed by atoms with E-state index in [0.717, 1.165) is 17.7 Å². The van der Waals surface area contributed by atoms with E-state index in [2.05, 4.69) is 26.5 Å². The molecule has 30 heavy (non-hydrogen) atoms. The van der Waals surface area contributed by atoms with Gasteiger partial charge in [-0.25, -0.2) is 9.97 Å². The number of carbonyl (C=O) groups excluding carboxylic acids is 1. The van der Waals surface area contributed by atoms with Crippen LogP contribution >= 0.6 is 0 Å². The summed E-state index contributed by atoms with van der Waals surface area (Å²) in [5.41, 5.74) is 2.46. The topological polar surface area (TPSA) is 106 Å². The number of ether oxygens (including phenoxy) is 2. The molecular weight excluding hydrogens is 386 g/mol. The maximum atomic E-state index is 12.0. The second-order valence-electron chi connectivity index (χ2n) is 7.39. The van der Waals surface area contributed by atoms with E-state index in [0.29, 0.717) is 57.3 Å². The van der Waals surface area contributed by atoms with E-state index < -0.39 is 0 Å². The maximum Gasteiger partial charge on any atom is 0.309 e. The Morgan fingerprint density at radius 3 is 2.93 bits per heavy atom. The van der Waals surface area contributed by atoms with Gasteiger partial charge in [0.2, 0.25) is 0 Å². The first kappa shape index (κ1) is 20.1. The number of esters is 1. The van der Waals surface area contributed by atoms with Crippen LogP contribution in [-0.4, -0.2) is 42.2 Å². The standard InChI is InChI=1S/C21H25N5O4/c1-2-29-21(27)15-5-8-26(9-6-15)20-18(25-28)19(23-13-24-20)22-12-14-3-4-17-16(11-14)7-10-30-17/h3-4,11,13,15H,2,5-10,12H2,1H3,(H,22,23,24). The summed E-state index contributed by atoms with van der Waals surface area (Å²) < 4.78 is 10.7. The van der Waals surface area contributed by atoms with Crippen LogP contribution in [-0.2, 0) is 22.5 Å². The third-order valence-electron chi connectivity index (χ3n) is 5.52. The average Bonchev–Trinajstić information content (AvgIpc) is 3.25. The van der Waals surface area contributed by atoms with E-state index in [1.54, 1.807) is 6.92 Å². The number of aromatic nitrogens is 2. The van der Waals surface area contributed by atoms with Crippen LogP contribution in [0.2, 0.25) is 0 Å². The molecule has 9 heteroatoms. The molecule has 1 fully saturated rings. The van der Waals surface area contributed by atoms with Crippen LogP contribution in [0.3, 0.4) is 0 Å². The van der Waals surface area contributed by atoms with Crippen molar-refractivity contribution in [1.82, 2.24) is 9.97 Å². The first-order valence-electron chi connectivity index (χ1n) is 10.3. The van der Waals surface area contributed by atoms with E-state index in [-0.39, 0.29) is 17.6 Å². The molecule has 1 aromatic heterocycles. The van der Waals surface area contributed by atoms with Gasteiger partial charge in [-0.15, -0.1) is 4.91 Å². The molecule has 1 aromatic carbocycles. The third-order valence-corrected chi connectivity index (χ3v) is 5.52. The maximum absolute atomic E-state index is 12.0. The van der Waals surface area contributed by atoms with Crippen molar-refractivity contribution in [3.05, 3.63) is 40.6 Å². The highest BCUT2D eigenvalue weighted by Crippen LogP contribution is 2.35. The van der Waals surface area contributed by atoms with Gasteiger partial charge in [0, 0.05) is 26.1 Å². The smallest absolute Gasteiger partial charge is 0.309 e. The Morgan fingerprint density at radius 1 is 1.33 bits per heavy atom. The SMILES string of the molecule is CCOC(=O)C1CCN(c2ncnc(NCc3ccc4c(c3)CCO4)c2N=O)CC1. The summed E-state index contributed by atoms with van der Waals surface area (Å²) in [7, 11) is 0. The Morgan fingerprint density at radius 2 is 2.17 bits per heavy atom. The van der Waals surface area contributed by atoms with Crippen molar-refractivity contribution in [3.63, 3.8) is 0 Å². The molecule has 9 nitrogen and oxygen atoms in total. The van der Waals surface area contributed by atoms with E-state index >= 15 is 0 Å². The molecule has 0 spiro atoms. The fourth-order valence-electron chi connectivity index (χ4n) is 3.94. The van der Waals surface area contributed by atoms with E-state index in [9.17, 15) is 9.70 Å². The quantitative estimate of drug-likeness (QED) is 0.547. The molecule has 0 unspecified atom stereocenters. The molecule has 0 atom stereocenters. The minimum Gasteiger partial charge on any atom is -0.493 e. The minimum absolute atomic E-state index is 0.114. The molecule has 0 bridgehead atoms. The molecule has 2 aliphatic heterocycles. The first-order chi connectivity index (χ1) is 14.7. The normalized spacial score (nSPS) is 16.0. The van der Waals surface area contributed by atoms with Gasteiger partial charge >= 0.3 is 5.97 Å². The monoisotopic (exact) mass is 411 g/mol. The van der Waals surface area contributed by atoms with Crippen LogP contribution in [0.25, 0.3) is 0 Å². The summed E-state index contributed by atoms with van der Waals surface area (Å²) in [4.78, 5) is 34.1. The Balaban J connectivity index is 1.44. The number of nitrogens with one attached hydrogen (secondary N) is 1. The van der Waals surface area contributed by atoms with Crippen molar-refractivity contribution in [1.29, 1.82) is 0 Å². The fourth-order valence-corrected chi connectivity index (χ4v) is 3.94. The number of benzene rings is 1. The number of carbonyl (C=O) groups is 1. The van der Waals surface area contributed by atoms with Gasteiger partial charge in [-0.1, -0.05) is 12.1 Å². The van der Waals surface area contributed by atoms with Crippen LogP contribution in [0.1, 0.15) is 30.9 Å². The van der Waals surface area contributed by atoms with Crippen LogP contribution in [0, 0.1) is 10.8 Å². The van der Waals surface area contributed by atoms with Gasteiger partial charge in [-0.2, -0.15) is 0 Å². The molecule has 0 aliphatic carbocycles. The highest BCUT2D eigenvalue weighted by molar-refractivity contribution is 5.75. The Hall–Kier alpha value is -3.23. The molecule has 158 valence electrons. The number of hydrogen-bond acceptors (Lipinski definition) is 9. The lowest BCUT2D eigenvalue weighted by Crippen LogP contribution is -2.37. The second kappa shape index (κ2) is 9.06. The molecule has 4 rings (SSSR count). The molecular formula is C21H25N5O4. The van der Waals surface area contributed by atoms with Gasteiger partial charge in [0.15, 0.2) is 17.3 Å². The third kappa shape index (κ3) is 4.19. The number of anilines is 2. The molecule has 0 amide bonds. The van der Waals surface area contributed by atoms with Crippen LogP contribution in [0.4, 0.5) is 17.3 Å². The van der Waals surface area contributed by atoms with E-state index in [1.807, 2.05) is 17.0 Å². The summed E-state index contributed by atoms with van der Waals surface area (Å²) in [6, 6.07) is 6.07. The van der Waals surface area contributed by atoms with Crippen molar-refractivity contribution in [2.75, 3.05) is 36.5 Å². The van der Waals surface area contributed by atoms with Crippen LogP contribution in [0.5, 0.6) is 5.75 Å². The zero-order valence-corrected chi connectivity index (χ0v) is 17.0. The lowest BCUT2D eigenvalue weighted by atomic mass is 9.97. The summed E-state index contributed by atoms with van der Waals surface area (Å²) in [5, 5.41) is 6.42. The van der Waals surface area contributed by atoms with Crippen molar-refractivity contribution >= 4 is 23.3 Å². The first-order valence-corrected chi connectivity index (χ1v) is 10.3. The second-order valence-corrected chi connectivity index (χ2v) is 7.39. The number of hydrogen-bond donors (Lipinski definition) is 1. The van der Waals surface area contributed by atoms with Crippen LogP contribution in [0.15, 0.2) is 29.7 Å². The van der Waals surface area contributed by atoms with Crippen molar-refractivity contribution in [3.8, 4) is 5.75 Å². The number of piperidine rings is 1. The summed E-state index contributed by atoms with van der Waals surface area (Å²) >= 11 is 0. The molecule has 2 aliphatic rings. The van der Waals surface area contributed by atoms with Gasteiger partial charge < -0.3 is 19.7 Å². The van der Waals surface area contributed by atoms with Crippen molar-refractivity contribution < 1.29 is 14.3 Å².